The number of hydrogen-bond donors (Lipinski definition) is 8. The Balaban J connectivity index is 0.000000138. The van der Waals surface area contributed by atoms with Gasteiger partial charge in [0, 0.05) is 49.8 Å². The van der Waals surface area contributed by atoms with Gasteiger partial charge in [0.2, 0.25) is 0 Å². The summed E-state index contributed by atoms with van der Waals surface area (Å²) in [5.41, 5.74) is 12.8. The van der Waals surface area contributed by atoms with Gasteiger partial charge < -0.3 is 55.8 Å². The van der Waals surface area contributed by atoms with Gasteiger partial charge in [-0.3, -0.25) is 32.8 Å². The number of rotatable bonds is 8. The van der Waals surface area contributed by atoms with Crippen LogP contribution < -0.4 is 34.0 Å². The molecule has 4 aliphatic heterocycles. The summed E-state index contributed by atoms with van der Waals surface area (Å²) in [6.45, 7) is 11.2. The molecule has 0 bridgehead atoms. The number of aromatic nitrogens is 11. The lowest BCUT2D eigenvalue weighted by molar-refractivity contribution is -0.0218. The van der Waals surface area contributed by atoms with Crippen molar-refractivity contribution in [2.24, 2.45) is 0 Å². The highest BCUT2D eigenvalue weighted by Gasteiger charge is 2.37. The van der Waals surface area contributed by atoms with E-state index in [0.29, 0.717) is 71.5 Å². The predicted molar refractivity (Wildman–Crippen MR) is 253 cm³/mol. The van der Waals surface area contributed by atoms with E-state index in [-0.39, 0.29) is 48.2 Å². The number of aliphatic hydroxyl groups excluding tert-OH is 4. The first-order valence-corrected chi connectivity index (χ1v) is 23.5. The maximum Gasteiger partial charge on any atom is 0.351 e. The van der Waals surface area contributed by atoms with E-state index < -0.39 is 53.8 Å². The van der Waals surface area contributed by atoms with E-state index in [9.17, 15) is 39.6 Å². The highest BCUT2D eigenvalue weighted by atomic mass is 16.5. The van der Waals surface area contributed by atoms with Crippen molar-refractivity contribution in [3.05, 3.63) is 96.4 Å². The number of nitrogen functional groups attached to an aromatic ring is 2. The molecule has 6 aromatic heterocycles. The third-order valence-electron chi connectivity index (χ3n) is 12.7. The number of aryl methyl sites for hydroxylation is 2. The molecule has 0 amide bonds. The first kappa shape index (κ1) is 51.7. The molecule has 12 atom stereocenters. The zero-order chi connectivity index (χ0) is 50.6. The van der Waals surface area contributed by atoms with Crippen LogP contribution in [0.25, 0.3) is 22.3 Å². The maximum absolute atomic E-state index is 11.8. The zero-order valence-corrected chi connectivity index (χ0v) is 39.9. The SMILES string of the molecule is CCC1OC(n2cc(C)c(=O)[nH]c2=O)CC1O.CCC1OC(n2ccc(N)nc2=O)CC1O.CCC1OC(n2cnc3c(=O)[nH]c(C)nc32)CC1O.CCC1OC(n2cnc3c(N)ccnc32)CC1O. The molecule has 6 aromatic rings. The fraction of sp³-hybridized carbons (Fsp3) is 0.578. The summed E-state index contributed by atoms with van der Waals surface area (Å²) in [7, 11) is 0. The van der Waals surface area contributed by atoms with Gasteiger partial charge in [-0.2, -0.15) is 4.98 Å². The fourth-order valence-electron chi connectivity index (χ4n) is 8.87. The molecule has 0 aromatic carbocycles. The van der Waals surface area contributed by atoms with Gasteiger partial charge in [0.15, 0.2) is 16.8 Å². The van der Waals surface area contributed by atoms with Gasteiger partial charge in [-0.15, -0.1) is 0 Å². The van der Waals surface area contributed by atoms with Crippen molar-refractivity contribution in [3.63, 3.8) is 0 Å². The largest absolute Gasteiger partial charge is 0.397 e. The summed E-state index contributed by atoms with van der Waals surface area (Å²) in [5.74, 6) is 0.719. The molecule has 4 saturated heterocycles. The standard InChI is InChI=1S/C12H16N4O3.C12H16N4O2.C11H16N2O4.C10H15N3O3/c1-3-8-7(17)4-9(19-8)16-5-13-10-11(16)14-6(2)15-12(10)18;1-2-9-8(17)5-10(18-9)16-6-15-11-7(13)3-4-14-12(11)16;1-3-8-7(14)4-9(17-8)13-5-6(2)10(15)12-11(13)16;1-2-7-6(14)5-9(16-7)13-4-3-8(11)12-10(13)15/h5,7-9,17H,3-4H2,1-2H3,(H,14,15,18);3-4,6,8-10,17H,2,5H2,1H3,(H2,13,14);5,7-9,14H,3-4H2,1-2H3,(H,12,15,16);3-4,6-7,9,14H,2,5H2,1H3,(H2,11,12,15). The van der Waals surface area contributed by atoms with Crippen molar-refractivity contribution in [1.82, 2.24) is 53.2 Å². The molecular formula is C45H63N13O12. The zero-order valence-electron chi connectivity index (χ0n) is 39.9. The summed E-state index contributed by atoms with van der Waals surface area (Å²) >= 11 is 0. The van der Waals surface area contributed by atoms with Crippen LogP contribution in [0.5, 0.6) is 0 Å². The van der Waals surface area contributed by atoms with Crippen molar-refractivity contribution < 1.29 is 39.4 Å². The van der Waals surface area contributed by atoms with Crippen molar-refractivity contribution in [1.29, 1.82) is 0 Å². The molecule has 0 aliphatic carbocycles. The number of aromatic amines is 2. The van der Waals surface area contributed by atoms with E-state index in [2.05, 4.69) is 34.9 Å². The molecule has 0 radical (unpaired) electrons. The summed E-state index contributed by atoms with van der Waals surface area (Å²) in [4.78, 5) is 71.5. The molecule has 25 heteroatoms. The fourth-order valence-corrected chi connectivity index (χ4v) is 8.87. The molecular weight excluding hydrogens is 915 g/mol. The number of pyridine rings is 1. The summed E-state index contributed by atoms with van der Waals surface area (Å²) in [6.07, 6.45) is 8.37. The summed E-state index contributed by atoms with van der Waals surface area (Å²) in [5, 5.41) is 39.2. The molecule has 10 rings (SSSR count). The van der Waals surface area contributed by atoms with Crippen LogP contribution in [-0.4, -0.2) is 122 Å². The Bertz CT molecular complexity index is 2970. The quantitative estimate of drug-likeness (QED) is 0.107. The second-order valence-electron chi connectivity index (χ2n) is 17.6. The normalized spacial score (nSPS) is 28.3. The van der Waals surface area contributed by atoms with Crippen LogP contribution in [0.4, 0.5) is 11.5 Å². The van der Waals surface area contributed by atoms with Gasteiger partial charge in [0.25, 0.3) is 11.1 Å². The number of fused-ring (bicyclic) bond motifs is 2. The Hall–Kier alpha value is -6.19. The predicted octanol–water partition coefficient (Wildman–Crippen LogP) is 1.35. The van der Waals surface area contributed by atoms with Gasteiger partial charge in [-0.25, -0.2) is 29.5 Å². The topological polar surface area (TPSA) is 354 Å². The van der Waals surface area contributed by atoms with Crippen molar-refractivity contribution in [2.75, 3.05) is 11.5 Å². The number of imidazole rings is 2. The molecule has 0 saturated carbocycles. The average Bonchev–Trinajstić information content (AvgIpc) is 4.20. The number of H-pyrrole nitrogens is 2. The monoisotopic (exact) mass is 977 g/mol. The van der Waals surface area contributed by atoms with Crippen LogP contribution in [-0.2, 0) is 18.9 Å². The molecule has 0 spiro atoms. The van der Waals surface area contributed by atoms with E-state index in [1.807, 2.05) is 32.3 Å². The van der Waals surface area contributed by atoms with Crippen molar-refractivity contribution >= 4 is 33.8 Å². The number of nitrogens with one attached hydrogen (secondary N) is 2. The maximum atomic E-state index is 11.8. The lowest BCUT2D eigenvalue weighted by atomic mass is 10.1. The highest BCUT2D eigenvalue weighted by molar-refractivity contribution is 5.83. The lowest BCUT2D eigenvalue weighted by Crippen LogP contribution is -2.33. The molecule has 70 heavy (non-hydrogen) atoms. The van der Waals surface area contributed by atoms with Crippen LogP contribution in [0.15, 0.2) is 62.6 Å². The van der Waals surface area contributed by atoms with Crippen LogP contribution >= 0.6 is 0 Å². The third-order valence-corrected chi connectivity index (χ3v) is 12.7. The minimum absolute atomic E-state index is 0.117. The van der Waals surface area contributed by atoms with Crippen LogP contribution in [0.3, 0.4) is 0 Å². The molecule has 12 unspecified atom stereocenters. The van der Waals surface area contributed by atoms with Crippen molar-refractivity contribution in [2.45, 2.75) is 167 Å². The van der Waals surface area contributed by atoms with Crippen LogP contribution in [0, 0.1) is 13.8 Å². The second-order valence-corrected chi connectivity index (χ2v) is 17.6. The molecule has 380 valence electrons. The molecule has 4 fully saturated rings. The number of nitrogens with zero attached hydrogens (tertiary/aromatic N) is 9. The minimum Gasteiger partial charge on any atom is -0.397 e. The number of nitrogens with two attached hydrogens (primary N) is 2. The molecule has 4 aliphatic rings. The van der Waals surface area contributed by atoms with E-state index in [1.165, 1.54) is 21.4 Å². The Morgan fingerprint density at radius 2 is 1.07 bits per heavy atom. The van der Waals surface area contributed by atoms with Gasteiger partial charge >= 0.3 is 11.4 Å². The molecule has 10 heterocycles. The number of anilines is 2. The summed E-state index contributed by atoms with van der Waals surface area (Å²) < 4.78 is 29.0. The van der Waals surface area contributed by atoms with Gasteiger partial charge in [-0.05, 0) is 51.7 Å². The number of ether oxygens (including phenoxy) is 4. The second kappa shape index (κ2) is 22.3. The van der Waals surface area contributed by atoms with E-state index >= 15 is 0 Å². The molecule has 10 N–H and O–H groups in total. The Labute approximate surface area is 400 Å². The Kier molecular flexibility index (Phi) is 16.4. The van der Waals surface area contributed by atoms with Crippen molar-refractivity contribution in [3.8, 4) is 0 Å². The molecule has 25 nitrogen and oxygen atoms in total. The van der Waals surface area contributed by atoms with Gasteiger partial charge in [0.1, 0.15) is 42.1 Å². The smallest absolute Gasteiger partial charge is 0.351 e. The van der Waals surface area contributed by atoms with Crippen LogP contribution in [0.1, 0.15) is 115 Å². The Morgan fingerprint density at radius 3 is 1.56 bits per heavy atom. The highest BCUT2D eigenvalue weighted by Crippen LogP contribution is 2.34. The first-order valence-electron chi connectivity index (χ1n) is 23.5. The van der Waals surface area contributed by atoms with Gasteiger partial charge in [0.05, 0.1) is 67.2 Å². The first-order chi connectivity index (χ1) is 33.4. The third kappa shape index (κ3) is 11.2. The number of aliphatic hydroxyl groups is 4. The average molecular weight is 978 g/mol. The lowest BCUT2D eigenvalue weighted by Gasteiger charge is -2.14. The van der Waals surface area contributed by atoms with Gasteiger partial charge in [-0.1, -0.05) is 27.7 Å². The van der Waals surface area contributed by atoms with E-state index in [4.69, 9.17) is 30.4 Å². The minimum atomic E-state index is -0.566. The number of hydrogen-bond acceptors (Lipinski definition) is 19. The Morgan fingerprint density at radius 1 is 0.600 bits per heavy atom. The van der Waals surface area contributed by atoms with E-state index in [0.717, 1.165) is 19.3 Å². The summed E-state index contributed by atoms with van der Waals surface area (Å²) in [6, 6.07) is 3.26. The van der Waals surface area contributed by atoms with Crippen LogP contribution in [0.2, 0.25) is 0 Å². The van der Waals surface area contributed by atoms with E-state index in [1.54, 1.807) is 49.5 Å².